The van der Waals surface area contributed by atoms with E-state index in [9.17, 15) is 0 Å². The summed E-state index contributed by atoms with van der Waals surface area (Å²) in [7, 11) is 0. The second kappa shape index (κ2) is 6.96. The largest absolute Gasteiger partial charge is 0.316 e. The lowest BCUT2D eigenvalue weighted by Crippen LogP contribution is -2.34. The van der Waals surface area contributed by atoms with Crippen molar-refractivity contribution in [3.63, 3.8) is 0 Å². The summed E-state index contributed by atoms with van der Waals surface area (Å²) in [5.74, 6) is 0.672. The molecule has 0 aromatic heterocycles. The summed E-state index contributed by atoms with van der Waals surface area (Å²) in [6.07, 6.45) is 3.00. The van der Waals surface area contributed by atoms with Gasteiger partial charge in [0.1, 0.15) is 0 Å². The zero-order valence-electron chi connectivity index (χ0n) is 11.7. The Morgan fingerprint density at radius 2 is 2.17 bits per heavy atom. The number of benzene rings is 1. The van der Waals surface area contributed by atoms with E-state index in [-0.39, 0.29) is 5.41 Å². The third-order valence-corrected chi connectivity index (χ3v) is 3.31. The minimum Gasteiger partial charge on any atom is -0.316 e. The highest BCUT2D eigenvalue weighted by Crippen LogP contribution is 2.24. The monoisotopic (exact) mass is 265 g/mol. The summed E-state index contributed by atoms with van der Waals surface area (Å²) in [5, 5.41) is 4.31. The zero-order valence-corrected chi connectivity index (χ0v) is 12.4. The van der Waals surface area contributed by atoms with Crippen molar-refractivity contribution in [3.05, 3.63) is 47.5 Å². The lowest BCUT2D eigenvalue weighted by Gasteiger charge is -2.27. The van der Waals surface area contributed by atoms with Crippen LogP contribution in [0, 0.1) is 11.3 Å². The van der Waals surface area contributed by atoms with E-state index in [2.05, 4.69) is 38.7 Å². The predicted molar refractivity (Wildman–Crippen MR) is 81.2 cm³/mol. The van der Waals surface area contributed by atoms with Gasteiger partial charge in [-0.2, -0.15) is 0 Å². The number of halogens is 1. The fourth-order valence-electron chi connectivity index (χ4n) is 1.97. The molecule has 1 N–H and O–H groups in total. The van der Waals surface area contributed by atoms with E-state index in [0.29, 0.717) is 5.92 Å². The molecular formula is C16H24ClN. The maximum absolute atomic E-state index is 6.02. The molecule has 100 valence electrons. The van der Waals surface area contributed by atoms with Gasteiger partial charge in [-0.25, -0.2) is 0 Å². The van der Waals surface area contributed by atoms with Crippen molar-refractivity contribution >= 4 is 11.6 Å². The van der Waals surface area contributed by atoms with Gasteiger partial charge in [-0.05, 0) is 36.6 Å². The Morgan fingerprint density at radius 1 is 1.44 bits per heavy atom. The smallest absolute Gasteiger partial charge is 0.0408 e. The van der Waals surface area contributed by atoms with E-state index in [4.69, 9.17) is 11.6 Å². The van der Waals surface area contributed by atoms with Gasteiger partial charge in [-0.3, -0.25) is 0 Å². The molecule has 0 saturated carbocycles. The van der Waals surface area contributed by atoms with Gasteiger partial charge in [0.2, 0.25) is 0 Å². The first-order chi connectivity index (χ1) is 8.45. The highest BCUT2D eigenvalue weighted by atomic mass is 35.5. The van der Waals surface area contributed by atoms with E-state index in [1.54, 1.807) is 0 Å². The number of hydrogen-bond donors (Lipinski definition) is 1. The van der Waals surface area contributed by atoms with Gasteiger partial charge in [0.05, 0.1) is 0 Å². The molecule has 0 aliphatic carbocycles. The van der Waals surface area contributed by atoms with Crippen molar-refractivity contribution in [1.82, 2.24) is 5.32 Å². The fourth-order valence-corrected chi connectivity index (χ4v) is 2.18. The standard InChI is InChI=1S/C16H24ClN/c1-5-16(4,12-18-11-13(2)3)10-14-7-6-8-15(17)9-14/h5-9,13,18H,1,10-12H2,2-4H3. The Labute approximate surface area is 116 Å². The molecule has 1 atom stereocenters. The maximum Gasteiger partial charge on any atom is 0.0408 e. The molecule has 0 spiro atoms. The molecule has 0 saturated heterocycles. The molecule has 1 unspecified atom stereocenters. The Bertz CT molecular complexity index is 386. The summed E-state index contributed by atoms with van der Waals surface area (Å²) in [5.41, 5.74) is 1.33. The van der Waals surface area contributed by atoms with Crippen LogP contribution in [0.5, 0.6) is 0 Å². The molecule has 1 rings (SSSR count). The van der Waals surface area contributed by atoms with Crippen LogP contribution in [0.3, 0.4) is 0 Å². The SMILES string of the molecule is C=CC(C)(CNCC(C)C)Cc1cccc(Cl)c1. The van der Waals surface area contributed by atoms with E-state index in [1.165, 1.54) is 5.56 Å². The molecule has 2 heteroatoms. The molecule has 0 fully saturated rings. The van der Waals surface area contributed by atoms with Crippen molar-refractivity contribution in [2.45, 2.75) is 27.2 Å². The van der Waals surface area contributed by atoms with Crippen molar-refractivity contribution in [2.24, 2.45) is 11.3 Å². The van der Waals surface area contributed by atoms with Gasteiger partial charge < -0.3 is 5.32 Å². The first kappa shape index (κ1) is 15.3. The van der Waals surface area contributed by atoms with Crippen LogP contribution in [0.15, 0.2) is 36.9 Å². The van der Waals surface area contributed by atoms with Crippen LogP contribution in [0.25, 0.3) is 0 Å². The topological polar surface area (TPSA) is 12.0 Å². The first-order valence-electron chi connectivity index (χ1n) is 6.54. The van der Waals surface area contributed by atoms with Crippen LogP contribution >= 0.6 is 11.6 Å². The Morgan fingerprint density at radius 3 is 2.72 bits per heavy atom. The van der Waals surface area contributed by atoms with Crippen LogP contribution in [0.4, 0.5) is 0 Å². The van der Waals surface area contributed by atoms with Gasteiger partial charge in [-0.15, -0.1) is 6.58 Å². The van der Waals surface area contributed by atoms with Crippen molar-refractivity contribution in [1.29, 1.82) is 0 Å². The molecule has 1 aromatic carbocycles. The summed E-state index contributed by atoms with van der Waals surface area (Å²) in [6.45, 7) is 12.6. The third-order valence-electron chi connectivity index (χ3n) is 3.07. The average molecular weight is 266 g/mol. The summed E-state index contributed by atoms with van der Waals surface area (Å²) in [6, 6.07) is 8.07. The Hall–Kier alpha value is -0.790. The first-order valence-corrected chi connectivity index (χ1v) is 6.92. The summed E-state index contributed by atoms with van der Waals surface area (Å²) < 4.78 is 0. The highest BCUT2D eigenvalue weighted by molar-refractivity contribution is 6.30. The predicted octanol–water partition coefficient (Wildman–Crippen LogP) is 4.32. The molecule has 0 amide bonds. The zero-order chi connectivity index (χ0) is 13.6. The molecular weight excluding hydrogens is 242 g/mol. The maximum atomic E-state index is 6.02. The van der Waals surface area contributed by atoms with Crippen LogP contribution < -0.4 is 5.32 Å². The summed E-state index contributed by atoms with van der Waals surface area (Å²) >= 11 is 6.02. The minimum absolute atomic E-state index is 0.0690. The van der Waals surface area contributed by atoms with Gasteiger partial charge in [0, 0.05) is 17.0 Å². The Balaban J connectivity index is 2.61. The highest BCUT2D eigenvalue weighted by Gasteiger charge is 2.20. The molecule has 1 aromatic rings. The summed E-state index contributed by atoms with van der Waals surface area (Å²) in [4.78, 5) is 0. The van der Waals surface area contributed by atoms with Crippen LogP contribution in [-0.2, 0) is 6.42 Å². The third kappa shape index (κ3) is 5.24. The minimum atomic E-state index is 0.0690. The lowest BCUT2D eigenvalue weighted by molar-refractivity contribution is 0.378. The molecule has 18 heavy (non-hydrogen) atoms. The van der Waals surface area contributed by atoms with E-state index in [1.807, 2.05) is 24.3 Å². The molecule has 0 aliphatic rings. The van der Waals surface area contributed by atoms with Crippen molar-refractivity contribution < 1.29 is 0 Å². The van der Waals surface area contributed by atoms with E-state index >= 15 is 0 Å². The van der Waals surface area contributed by atoms with Crippen molar-refractivity contribution in [2.75, 3.05) is 13.1 Å². The van der Waals surface area contributed by atoms with Crippen LogP contribution in [-0.4, -0.2) is 13.1 Å². The second-order valence-corrected chi connectivity index (χ2v) is 6.13. The van der Waals surface area contributed by atoms with Gasteiger partial charge in [0.15, 0.2) is 0 Å². The molecule has 0 bridgehead atoms. The molecule has 0 aliphatic heterocycles. The number of hydrogen-bond acceptors (Lipinski definition) is 1. The second-order valence-electron chi connectivity index (χ2n) is 5.69. The van der Waals surface area contributed by atoms with Gasteiger partial charge in [0.25, 0.3) is 0 Å². The van der Waals surface area contributed by atoms with Crippen LogP contribution in [0.2, 0.25) is 5.02 Å². The normalized spacial score (nSPS) is 14.5. The number of nitrogens with one attached hydrogen (secondary N) is 1. The Kier molecular flexibility index (Phi) is 5.90. The van der Waals surface area contributed by atoms with E-state index < -0.39 is 0 Å². The quantitative estimate of drug-likeness (QED) is 0.724. The molecule has 0 radical (unpaired) electrons. The van der Waals surface area contributed by atoms with Crippen LogP contribution in [0.1, 0.15) is 26.3 Å². The number of rotatable bonds is 7. The van der Waals surface area contributed by atoms with E-state index in [0.717, 1.165) is 24.5 Å². The average Bonchev–Trinajstić information content (AvgIpc) is 2.28. The van der Waals surface area contributed by atoms with Crippen molar-refractivity contribution in [3.8, 4) is 0 Å². The van der Waals surface area contributed by atoms with Gasteiger partial charge >= 0.3 is 0 Å². The molecule has 1 nitrogen and oxygen atoms in total. The molecule has 0 heterocycles. The fraction of sp³-hybridized carbons (Fsp3) is 0.500. The van der Waals surface area contributed by atoms with Gasteiger partial charge in [-0.1, -0.05) is 50.6 Å². The lowest BCUT2D eigenvalue weighted by atomic mass is 9.83.